The van der Waals surface area contributed by atoms with Gasteiger partial charge in [-0.2, -0.15) is 0 Å². The molecule has 0 unspecified atom stereocenters. The molecule has 0 aromatic carbocycles. The van der Waals surface area contributed by atoms with Crippen LogP contribution in [-0.4, -0.2) is 23.3 Å². The van der Waals surface area contributed by atoms with Crippen molar-refractivity contribution in [3.05, 3.63) is 36.5 Å². The molecule has 1 fully saturated rings. The third-order valence-corrected chi connectivity index (χ3v) is 3.93. The number of unbranched alkanes of at least 4 members (excludes halogenated alkanes) is 4. The minimum Gasteiger partial charge on any atom is -0.481 e. The van der Waals surface area contributed by atoms with E-state index in [0.29, 0.717) is 12.2 Å². The molecule has 3 heteroatoms. The number of hydrogen-bond donors (Lipinski definition) is 1. The van der Waals surface area contributed by atoms with Crippen molar-refractivity contribution in [1.82, 2.24) is 0 Å². The molecule has 2 atom stereocenters. The first-order chi connectivity index (χ1) is 11.2. The summed E-state index contributed by atoms with van der Waals surface area (Å²) >= 11 is 0. The number of allylic oxidation sites excluding steroid dienone is 4. The molecule has 23 heavy (non-hydrogen) atoms. The monoisotopic (exact) mass is 320 g/mol. The van der Waals surface area contributed by atoms with E-state index >= 15 is 0 Å². The van der Waals surface area contributed by atoms with Gasteiger partial charge in [-0.15, -0.1) is 0 Å². The number of carbonyl (C=O) groups is 1. The fraction of sp³-hybridized carbons (Fsp3) is 0.650. The first-order valence-corrected chi connectivity index (χ1v) is 9.06. The molecule has 1 heterocycles. The molecule has 3 nitrogen and oxygen atoms in total. The van der Waals surface area contributed by atoms with E-state index in [9.17, 15) is 4.79 Å². The fourth-order valence-corrected chi connectivity index (χ4v) is 2.44. The minimum absolute atomic E-state index is 0.258. The van der Waals surface area contributed by atoms with E-state index < -0.39 is 5.97 Å². The average molecular weight is 320 g/mol. The molecule has 1 rings (SSSR count). The Kier molecular flexibility index (Phi) is 11.2. The molecule has 0 aromatic heterocycles. The lowest BCUT2D eigenvalue weighted by molar-refractivity contribution is -0.137. The van der Waals surface area contributed by atoms with Crippen LogP contribution in [0.2, 0.25) is 0 Å². The van der Waals surface area contributed by atoms with E-state index in [1.807, 2.05) is 0 Å². The molecule has 1 aliphatic heterocycles. The second-order valence-electron chi connectivity index (χ2n) is 6.12. The van der Waals surface area contributed by atoms with Crippen LogP contribution in [0.4, 0.5) is 0 Å². The Labute approximate surface area is 141 Å². The van der Waals surface area contributed by atoms with Gasteiger partial charge in [0.2, 0.25) is 0 Å². The predicted octanol–water partition coefficient (Wildman–Crippen LogP) is 5.43. The Morgan fingerprint density at radius 2 is 1.52 bits per heavy atom. The van der Waals surface area contributed by atoms with Gasteiger partial charge in [0, 0.05) is 6.42 Å². The molecule has 0 aliphatic carbocycles. The number of rotatable bonds is 14. The normalized spacial score (nSPS) is 20.9. The maximum absolute atomic E-state index is 10.3. The van der Waals surface area contributed by atoms with E-state index in [0.717, 1.165) is 32.1 Å². The third kappa shape index (κ3) is 11.8. The molecule has 0 radical (unpaired) electrons. The van der Waals surface area contributed by atoms with Crippen LogP contribution in [0.1, 0.15) is 71.1 Å². The van der Waals surface area contributed by atoms with Gasteiger partial charge in [-0.1, -0.05) is 56.2 Å². The largest absolute Gasteiger partial charge is 0.481 e. The van der Waals surface area contributed by atoms with Crippen LogP contribution in [-0.2, 0) is 9.53 Å². The number of epoxide rings is 1. The summed E-state index contributed by atoms with van der Waals surface area (Å²) in [5.74, 6) is -0.715. The molecule has 0 amide bonds. The van der Waals surface area contributed by atoms with Crippen LogP contribution in [0.25, 0.3) is 0 Å². The van der Waals surface area contributed by atoms with Gasteiger partial charge in [-0.3, -0.25) is 4.79 Å². The van der Waals surface area contributed by atoms with E-state index in [2.05, 4.69) is 43.4 Å². The Balaban J connectivity index is 1.92. The average Bonchev–Trinajstić information content (AvgIpc) is 3.27. The number of carboxylic acids is 1. The van der Waals surface area contributed by atoms with Crippen LogP contribution in [0.15, 0.2) is 36.5 Å². The lowest BCUT2D eigenvalue weighted by Crippen LogP contribution is -1.92. The molecular weight excluding hydrogens is 288 g/mol. The molecule has 0 spiro atoms. The van der Waals surface area contributed by atoms with Crippen molar-refractivity contribution in [2.75, 3.05) is 0 Å². The molecule has 1 saturated heterocycles. The topological polar surface area (TPSA) is 49.8 Å². The minimum atomic E-state index is -0.715. The van der Waals surface area contributed by atoms with Crippen LogP contribution >= 0.6 is 0 Å². The zero-order chi connectivity index (χ0) is 16.8. The second kappa shape index (κ2) is 13.1. The first kappa shape index (κ1) is 19.7. The summed E-state index contributed by atoms with van der Waals surface area (Å²) in [4.78, 5) is 10.3. The maximum atomic E-state index is 10.3. The standard InChI is InChI=1S/C20H32O3/c1-2-3-4-5-9-12-15-18-19(23-18)16-13-10-7-6-8-11-14-17-20(21)22/h6,8-10,12-13,18-19H,2-5,7,11,14-17H2,1H3,(H,21,22)/t18-,19+/m1/s1. The highest BCUT2D eigenvalue weighted by atomic mass is 16.6. The Morgan fingerprint density at radius 1 is 0.913 bits per heavy atom. The summed E-state index contributed by atoms with van der Waals surface area (Å²) < 4.78 is 5.65. The summed E-state index contributed by atoms with van der Waals surface area (Å²) in [6.45, 7) is 2.23. The van der Waals surface area contributed by atoms with E-state index in [1.54, 1.807) is 0 Å². The van der Waals surface area contributed by atoms with E-state index in [1.165, 1.54) is 25.7 Å². The van der Waals surface area contributed by atoms with E-state index in [-0.39, 0.29) is 6.42 Å². The van der Waals surface area contributed by atoms with Crippen molar-refractivity contribution in [2.24, 2.45) is 0 Å². The highest BCUT2D eigenvalue weighted by molar-refractivity contribution is 5.66. The van der Waals surface area contributed by atoms with Crippen molar-refractivity contribution in [2.45, 2.75) is 83.3 Å². The number of aliphatic carboxylic acids is 1. The predicted molar refractivity (Wildman–Crippen MR) is 95.6 cm³/mol. The lowest BCUT2D eigenvalue weighted by Gasteiger charge is -1.91. The second-order valence-corrected chi connectivity index (χ2v) is 6.12. The van der Waals surface area contributed by atoms with Gasteiger partial charge < -0.3 is 9.84 Å². The molecular formula is C20H32O3. The number of carboxylic acid groups (broad SMARTS) is 1. The maximum Gasteiger partial charge on any atom is 0.303 e. The zero-order valence-electron chi connectivity index (χ0n) is 14.5. The van der Waals surface area contributed by atoms with Gasteiger partial charge in [0.15, 0.2) is 0 Å². The third-order valence-electron chi connectivity index (χ3n) is 3.93. The summed E-state index contributed by atoms with van der Waals surface area (Å²) in [6, 6.07) is 0. The molecule has 130 valence electrons. The van der Waals surface area contributed by atoms with Crippen molar-refractivity contribution in [3.8, 4) is 0 Å². The van der Waals surface area contributed by atoms with Crippen LogP contribution < -0.4 is 0 Å². The Hall–Kier alpha value is -1.35. The highest BCUT2D eigenvalue weighted by Crippen LogP contribution is 2.29. The molecule has 0 bridgehead atoms. The zero-order valence-corrected chi connectivity index (χ0v) is 14.5. The molecule has 1 N–H and O–H groups in total. The van der Waals surface area contributed by atoms with Crippen molar-refractivity contribution >= 4 is 5.97 Å². The summed E-state index contributed by atoms with van der Waals surface area (Å²) in [6.07, 6.45) is 23.8. The molecule has 0 aromatic rings. The SMILES string of the molecule is CCCCCC=CC[C@H]1O[C@H]1CC=CCC=CCCCC(=O)O. The molecule has 1 aliphatic rings. The van der Waals surface area contributed by atoms with E-state index in [4.69, 9.17) is 9.84 Å². The Bertz CT molecular complexity index is 396. The van der Waals surface area contributed by atoms with Gasteiger partial charge in [0.05, 0.1) is 12.2 Å². The van der Waals surface area contributed by atoms with Gasteiger partial charge in [-0.25, -0.2) is 0 Å². The number of hydrogen-bond acceptors (Lipinski definition) is 2. The van der Waals surface area contributed by atoms with Crippen molar-refractivity contribution in [1.29, 1.82) is 0 Å². The quantitative estimate of drug-likeness (QED) is 0.264. The van der Waals surface area contributed by atoms with Crippen LogP contribution in [0, 0.1) is 0 Å². The summed E-state index contributed by atoms with van der Waals surface area (Å²) in [5, 5.41) is 8.52. The Morgan fingerprint density at radius 3 is 2.22 bits per heavy atom. The van der Waals surface area contributed by atoms with Crippen LogP contribution in [0.5, 0.6) is 0 Å². The highest BCUT2D eigenvalue weighted by Gasteiger charge is 2.35. The number of ether oxygens (including phenoxy) is 1. The van der Waals surface area contributed by atoms with Gasteiger partial charge in [0.1, 0.15) is 0 Å². The van der Waals surface area contributed by atoms with Crippen molar-refractivity contribution in [3.63, 3.8) is 0 Å². The lowest BCUT2D eigenvalue weighted by atomic mass is 10.1. The molecule has 0 saturated carbocycles. The summed E-state index contributed by atoms with van der Waals surface area (Å²) in [5.41, 5.74) is 0. The van der Waals surface area contributed by atoms with Crippen molar-refractivity contribution < 1.29 is 14.6 Å². The van der Waals surface area contributed by atoms with Gasteiger partial charge >= 0.3 is 5.97 Å². The summed E-state index contributed by atoms with van der Waals surface area (Å²) in [7, 11) is 0. The fourth-order valence-electron chi connectivity index (χ4n) is 2.44. The smallest absolute Gasteiger partial charge is 0.303 e. The van der Waals surface area contributed by atoms with Crippen LogP contribution in [0.3, 0.4) is 0 Å². The first-order valence-electron chi connectivity index (χ1n) is 9.06. The van der Waals surface area contributed by atoms with Gasteiger partial charge in [-0.05, 0) is 44.9 Å². The van der Waals surface area contributed by atoms with Gasteiger partial charge in [0.25, 0.3) is 0 Å².